The van der Waals surface area contributed by atoms with Crippen LogP contribution in [0.1, 0.15) is 31.9 Å². The molecule has 1 aliphatic rings. The summed E-state index contributed by atoms with van der Waals surface area (Å²) in [5, 5.41) is 12.3. The van der Waals surface area contributed by atoms with Gasteiger partial charge in [0, 0.05) is 12.2 Å². The molecule has 3 nitrogen and oxygen atoms in total. The number of nitrogens with zero attached hydrogens (tertiary/aromatic N) is 2. The standard InChI is InChI=1S/C12H15N3/c1-2-4-9-7-11(9)15-10-5-3-6-14-12(10)8-13/h3,5-6,9,11,15H,2,4,7H2,1H3. The molecule has 1 fully saturated rings. The minimum absolute atomic E-state index is 0.500. The topological polar surface area (TPSA) is 48.7 Å². The average molecular weight is 201 g/mol. The number of anilines is 1. The van der Waals surface area contributed by atoms with Crippen LogP contribution in [-0.2, 0) is 0 Å². The summed E-state index contributed by atoms with van der Waals surface area (Å²) in [6.07, 6.45) is 5.40. The lowest BCUT2D eigenvalue weighted by Gasteiger charge is -2.06. The van der Waals surface area contributed by atoms with Crippen LogP contribution >= 0.6 is 0 Å². The summed E-state index contributed by atoms with van der Waals surface area (Å²) >= 11 is 0. The second kappa shape index (κ2) is 4.31. The molecule has 0 spiro atoms. The largest absolute Gasteiger partial charge is 0.380 e. The van der Waals surface area contributed by atoms with Crippen molar-refractivity contribution in [1.29, 1.82) is 5.26 Å². The molecule has 78 valence electrons. The van der Waals surface area contributed by atoms with Gasteiger partial charge in [-0.15, -0.1) is 0 Å². The molecule has 2 unspecified atom stereocenters. The maximum absolute atomic E-state index is 8.87. The first kappa shape index (κ1) is 9.97. The van der Waals surface area contributed by atoms with Crippen molar-refractivity contribution in [2.45, 2.75) is 32.2 Å². The maximum Gasteiger partial charge on any atom is 0.163 e. The first-order valence-corrected chi connectivity index (χ1v) is 5.46. The minimum Gasteiger partial charge on any atom is -0.380 e. The van der Waals surface area contributed by atoms with Gasteiger partial charge >= 0.3 is 0 Å². The monoisotopic (exact) mass is 201 g/mol. The summed E-state index contributed by atoms with van der Waals surface area (Å²) in [5.74, 6) is 0.793. The van der Waals surface area contributed by atoms with Gasteiger partial charge in [0.25, 0.3) is 0 Å². The van der Waals surface area contributed by atoms with Crippen LogP contribution in [0.2, 0.25) is 0 Å². The van der Waals surface area contributed by atoms with E-state index in [-0.39, 0.29) is 0 Å². The van der Waals surface area contributed by atoms with Crippen LogP contribution in [-0.4, -0.2) is 11.0 Å². The number of hydrogen-bond acceptors (Lipinski definition) is 3. The Bertz CT molecular complexity index is 381. The van der Waals surface area contributed by atoms with Gasteiger partial charge < -0.3 is 5.32 Å². The Hall–Kier alpha value is -1.56. The fraction of sp³-hybridized carbons (Fsp3) is 0.500. The molecular formula is C12H15N3. The molecule has 1 aliphatic carbocycles. The van der Waals surface area contributed by atoms with Crippen LogP contribution in [0, 0.1) is 17.2 Å². The average Bonchev–Trinajstić information content (AvgIpc) is 2.98. The van der Waals surface area contributed by atoms with E-state index >= 15 is 0 Å². The Labute approximate surface area is 90.1 Å². The Morgan fingerprint density at radius 1 is 1.67 bits per heavy atom. The molecule has 1 aromatic rings. The fourth-order valence-corrected chi connectivity index (χ4v) is 1.92. The maximum atomic E-state index is 8.87. The predicted octanol–water partition coefficient (Wildman–Crippen LogP) is 2.55. The third kappa shape index (κ3) is 2.27. The van der Waals surface area contributed by atoms with Gasteiger partial charge in [-0.1, -0.05) is 13.3 Å². The van der Waals surface area contributed by atoms with E-state index in [0.717, 1.165) is 11.6 Å². The second-order valence-corrected chi connectivity index (χ2v) is 4.05. The number of pyridine rings is 1. The molecule has 15 heavy (non-hydrogen) atoms. The Balaban J connectivity index is 1.98. The highest BCUT2D eigenvalue weighted by molar-refractivity contribution is 5.54. The number of hydrogen-bond donors (Lipinski definition) is 1. The van der Waals surface area contributed by atoms with E-state index in [4.69, 9.17) is 5.26 Å². The smallest absolute Gasteiger partial charge is 0.163 e. The lowest BCUT2D eigenvalue weighted by Crippen LogP contribution is -2.06. The van der Waals surface area contributed by atoms with E-state index in [1.807, 2.05) is 12.1 Å². The number of rotatable bonds is 4. The van der Waals surface area contributed by atoms with Gasteiger partial charge in [0.15, 0.2) is 5.69 Å². The van der Waals surface area contributed by atoms with Crippen molar-refractivity contribution < 1.29 is 0 Å². The van der Waals surface area contributed by atoms with E-state index in [2.05, 4.69) is 23.3 Å². The molecule has 3 heteroatoms. The summed E-state index contributed by atoms with van der Waals surface area (Å²) in [5.41, 5.74) is 1.38. The molecule has 1 saturated carbocycles. The van der Waals surface area contributed by atoms with Crippen molar-refractivity contribution >= 4 is 5.69 Å². The molecule has 0 aliphatic heterocycles. The van der Waals surface area contributed by atoms with Crippen molar-refractivity contribution in [2.75, 3.05) is 5.32 Å². The van der Waals surface area contributed by atoms with Crippen LogP contribution in [0.5, 0.6) is 0 Å². The highest BCUT2D eigenvalue weighted by Gasteiger charge is 2.36. The number of aromatic nitrogens is 1. The first-order chi connectivity index (χ1) is 7.35. The van der Waals surface area contributed by atoms with Gasteiger partial charge in [0.1, 0.15) is 6.07 Å². The molecule has 0 amide bonds. The van der Waals surface area contributed by atoms with Gasteiger partial charge in [-0.3, -0.25) is 0 Å². The van der Waals surface area contributed by atoms with Crippen molar-refractivity contribution in [3.8, 4) is 6.07 Å². The third-order valence-electron chi connectivity index (χ3n) is 2.84. The van der Waals surface area contributed by atoms with E-state index in [1.54, 1.807) is 6.20 Å². The normalized spacial score (nSPS) is 23.2. The summed E-state index contributed by atoms with van der Waals surface area (Å²) in [6, 6.07) is 6.44. The van der Waals surface area contributed by atoms with Gasteiger partial charge in [0.05, 0.1) is 5.69 Å². The van der Waals surface area contributed by atoms with E-state index in [9.17, 15) is 0 Å². The zero-order valence-electron chi connectivity index (χ0n) is 8.90. The molecule has 1 N–H and O–H groups in total. The molecule has 1 heterocycles. The molecule has 0 aromatic carbocycles. The molecular weight excluding hydrogens is 186 g/mol. The van der Waals surface area contributed by atoms with Crippen molar-refractivity contribution in [3.05, 3.63) is 24.0 Å². The minimum atomic E-state index is 0.500. The van der Waals surface area contributed by atoms with E-state index in [0.29, 0.717) is 11.7 Å². The Morgan fingerprint density at radius 2 is 2.53 bits per heavy atom. The van der Waals surface area contributed by atoms with Gasteiger partial charge in [-0.05, 0) is 30.9 Å². The van der Waals surface area contributed by atoms with E-state index in [1.165, 1.54) is 19.3 Å². The summed E-state index contributed by atoms with van der Waals surface area (Å²) in [4.78, 5) is 4.03. The van der Waals surface area contributed by atoms with Crippen LogP contribution < -0.4 is 5.32 Å². The SMILES string of the molecule is CCCC1CC1Nc1cccnc1C#N. The van der Waals surface area contributed by atoms with Crippen LogP contribution in [0.4, 0.5) is 5.69 Å². The molecule has 2 rings (SSSR count). The van der Waals surface area contributed by atoms with Gasteiger partial charge in [0.2, 0.25) is 0 Å². The zero-order chi connectivity index (χ0) is 10.7. The van der Waals surface area contributed by atoms with E-state index < -0.39 is 0 Å². The number of nitrogens with one attached hydrogen (secondary N) is 1. The second-order valence-electron chi connectivity index (χ2n) is 4.05. The molecule has 2 atom stereocenters. The molecule has 0 radical (unpaired) electrons. The quantitative estimate of drug-likeness (QED) is 0.814. The molecule has 0 bridgehead atoms. The predicted molar refractivity (Wildman–Crippen MR) is 59.4 cm³/mol. The lowest BCUT2D eigenvalue weighted by molar-refractivity contribution is 0.692. The summed E-state index contributed by atoms with van der Waals surface area (Å²) in [7, 11) is 0. The number of nitriles is 1. The van der Waals surface area contributed by atoms with Crippen LogP contribution in [0.3, 0.4) is 0 Å². The zero-order valence-corrected chi connectivity index (χ0v) is 8.90. The van der Waals surface area contributed by atoms with Crippen molar-refractivity contribution in [1.82, 2.24) is 4.98 Å². The van der Waals surface area contributed by atoms with Crippen molar-refractivity contribution in [2.24, 2.45) is 5.92 Å². The highest BCUT2D eigenvalue weighted by Crippen LogP contribution is 2.37. The molecule has 0 saturated heterocycles. The van der Waals surface area contributed by atoms with Gasteiger partial charge in [-0.25, -0.2) is 4.98 Å². The molecule has 1 aromatic heterocycles. The first-order valence-electron chi connectivity index (χ1n) is 5.46. The highest BCUT2D eigenvalue weighted by atomic mass is 15.0. The van der Waals surface area contributed by atoms with Crippen molar-refractivity contribution in [3.63, 3.8) is 0 Å². The fourth-order valence-electron chi connectivity index (χ4n) is 1.92. The summed E-state index contributed by atoms with van der Waals surface area (Å²) < 4.78 is 0. The van der Waals surface area contributed by atoms with Gasteiger partial charge in [-0.2, -0.15) is 5.26 Å². The van der Waals surface area contributed by atoms with Crippen LogP contribution in [0.25, 0.3) is 0 Å². The lowest BCUT2D eigenvalue weighted by atomic mass is 10.2. The third-order valence-corrected chi connectivity index (χ3v) is 2.84. The van der Waals surface area contributed by atoms with Crippen LogP contribution in [0.15, 0.2) is 18.3 Å². The summed E-state index contributed by atoms with van der Waals surface area (Å²) in [6.45, 7) is 2.21. The Morgan fingerprint density at radius 3 is 3.27 bits per heavy atom. The Kier molecular flexibility index (Phi) is 2.86.